The number of benzene rings is 1. The van der Waals surface area contributed by atoms with Gasteiger partial charge in [-0.15, -0.1) is 11.6 Å². The normalized spacial score (nSPS) is 12.3. The second kappa shape index (κ2) is 5.06. The Kier molecular flexibility index (Phi) is 4.26. The van der Waals surface area contributed by atoms with Crippen LogP contribution < -0.4 is 5.32 Å². The van der Waals surface area contributed by atoms with Crippen LogP contribution in [0.15, 0.2) is 12.1 Å². The lowest BCUT2D eigenvalue weighted by Gasteiger charge is -2.11. The first-order valence-corrected chi connectivity index (χ1v) is 5.52. The predicted molar refractivity (Wildman–Crippen MR) is 65.1 cm³/mol. The number of hydrogen-bond donors (Lipinski definition) is 1. The maximum absolute atomic E-state index is 11.4. The molecule has 0 heterocycles. The molecule has 0 saturated carbocycles. The van der Waals surface area contributed by atoms with Gasteiger partial charge in [0.15, 0.2) is 0 Å². The minimum atomic E-state index is -0.627. The largest absolute Gasteiger partial charge is 0.322 e. The second-order valence-electron chi connectivity index (χ2n) is 3.16. The Morgan fingerprint density at radius 3 is 2.53 bits per heavy atom. The van der Waals surface area contributed by atoms with Crippen molar-refractivity contribution in [1.82, 2.24) is 0 Å². The van der Waals surface area contributed by atoms with E-state index in [0.717, 1.165) is 5.56 Å². The van der Waals surface area contributed by atoms with Gasteiger partial charge in [0.1, 0.15) is 5.38 Å². The van der Waals surface area contributed by atoms with E-state index < -0.39 is 5.38 Å². The highest BCUT2D eigenvalue weighted by Gasteiger charge is 2.14. The van der Waals surface area contributed by atoms with Crippen molar-refractivity contribution in [3.63, 3.8) is 0 Å². The molecule has 1 aromatic carbocycles. The van der Waals surface area contributed by atoms with Gasteiger partial charge in [-0.2, -0.15) is 0 Å². The highest BCUT2D eigenvalue weighted by atomic mass is 35.5. The molecule has 0 aromatic heterocycles. The van der Waals surface area contributed by atoms with Crippen LogP contribution in [0.2, 0.25) is 10.0 Å². The summed E-state index contributed by atoms with van der Waals surface area (Å²) in [4.78, 5) is 11.4. The van der Waals surface area contributed by atoms with Crippen LogP contribution in [-0.4, -0.2) is 11.3 Å². The minimum Gasteiger partial charge on any atom is -0.322 e. The van der Waals surface area contributed by atoms with Crippen LogP contribution in [0, 0.1) is 6.92 Å². The molecule has 1 aromatic rings. The van der Waals surface area contributed by atoms with Crippen molar-refractivity contribution in [2.24, 2.45) is 0 Å². The van der Waals surface area contributed by atoms with Gasteiger partial charge in [-0.25, -0.2) is 0 Å². The van der Waals surface area contributed by atoms with Crippen molar-refractivity contribution < 1.29 is 4.79 Å². The molecule has 0 aliphatic carbocycles. The maximum atomic E-state index is 11.4. The summed E-state index contributed by atoms with van der Waals surface area (Å²) in [5, 5.41) is 2.79. The number of amides is 1. The number of carbonyl (C=O) groups is 1. The fraction of sp³-hybridized carbons (Fsp3) is 0.300. The fourth-order valence-corrected chi connectivity index (χ4v) is 1.51. The number of hydrogen-bond acceptors (Lipinski definition) is 1. The zero-order valence-corrected chi connectivity index (χ0v) is 10.5. The van der Waals surface area contributed by atoms with Crippen molar-refractivity contribution in [3.05, 3.63) is 27.7 Å². The molecular formula is C10H10Cl3NO. The van der Waals surface area contributed by atoms with Gasteiger partial charge in [-0.1, -0.05) is 29.3 Å². The number of nitrogens with one attached hydrogen (secondary N) is 1. The van der Waals surface area contributed by atoms with Crippen LogP contribution in [0.25, 0.3) is 0 Å². The Bertz CT molecular complexity index is 390. The summed E-state index contributed by atoms with van der Waals surface area (Å²) in [5.74, 6) is -0.328. The molecule has 2 nitrogen and oxygen atoms in total. The topological polar surface area (TPSA) is 29.1 Å². The summed E-state index contributed by atoms with van der Waals surface area (Å²) in [6, 6.07) is 3.46. The van der Waals surface area contributed by atoms with E-state index in [0.29, 0.717) is 15.7 Å². The Hall–Kier alpha value is -0.440. The first-order chi connectivity index (χ1) is 6.93. The van der Waals surface area contributed by atoms with Crippen LogP contribution in [0.4, 0.5) is 5.69 Å². The van der Waals surface area contributed by atoms with E-state index in [2.05, 4.69) is 5.32 Å². The Balaban J connectivity index is 3.04. The van der Waals surface area contributed by atoms with E-state index in [1.54, 1.807) is 19.1 Å². The summed E-state index contributed by atoms with van der Waals surface area (Å²) in [5.41, 5.74) is 1.26. The van der Waals surface area contributed by atoms with Crippen molar-refractivity contribution >= 4 is 46.4 Å². The Labute approximate surface area is 104 Å². The highest BCUT2D eigenvalue weighted by molar-refractivity contribution is 6.41. The van der Waals surface area contributed by atoms with Gasteiger partial charge in [0, 0.05) is 0 Å². The van der Waals surface area contributed by atoms with E-state index >= 15 is 0 Å². The average molecular weight is 267 g/mol. The van der Waals surface area contributed by atoms with Gasteiger partial charge in [0.2, 0.25) is 5.91 Å². The number of halogens is 3. The molecule has 0 aliphatic rings. The van der Waals surface area contributed by atoms with Crippen molar-refractivity contribution in [2.45, 2.75) is 19.2 Å². The summed E-state index contributed by atoms with van der Waals surface area (Å²) in [7, 11) is 0. The summed E-state index contributed by atoms with van der Waals surface area (Å²) in [6.45, 7) is 3.41. The van der Waals surface area contributed by atoms with E-state index in [4.69, 9.17) is 34.8 Å². The molecule has 1 amide bonds. The third kappa shape index (κ3) is 3.00. The fourth-order valence-electron chi connectivity index (χ4n) is 0.994. The van der Waals surface area contributed by atoms with Crippen LogP contribution in [-0.2, 0) is 4.79 Å². The molecule has 82 valence electrons. The summed E-state index contributed by atoms with van der Waals surface area (Å²) >= 11 is 17.5. The summed E-state index contributed by atoms with van der Waals surface area (Å²) < 4.78 is 0. The van der Waals surface area contributed by atoms with Crippen molar-refractivity contribution in [1.29, 1.82) is 0 Å². The predicted octanol–water partition coefficient (Wildman–Crippen LogP) is 3.87. The lowest BCUT2D eigenvalue weighted by Crippen LogP contribution is -2.20. The van der Waals surface area contributed by atoms with Gasteiger partial charge in [0.25, 0.3) is 0 Å². The molecule has 1 atom stereocenters. The molecule has 1 rings (SSSR count). The van der Waals surface area contributed by atoms with E-state index in [9.17, 15) is 4.79 Å². The maximum Gasteiger partial charge on any atom is 0.242 e. The molecule has 0 spiro atoms. The number of carbonyl (C=O) groups excluding carboxylic acids is 1. The molecule has 1 N–H and O–H groups in total. The van der Waals surface area contributed by atoms with Crippen molar-refractivity contribution in [3.8, 4) is 0 Å². The monoisotopic (exact) mass is 265 g/mol. The van der Waals surface area contributed by atoms with Gasteiger partial charge < -0.3 is 5.32 Å². The smallest absolute Gasteiger partial charge is 0.242 e. The van der Waals surface area contributed by atoms with Crippen LogP contribution in [0.5, 0.6) is 0 Å². The molecule has 1 unspecified atom stereocenters. The zero-order chi connectivity index (χ0) is 11.6. The lowest BCUT2D eigenvalue weighted by molar-refractivity contribution is -0.115. The van der Waals surface area contributed by atoms with Gasteiger partial charge in [0.05, 0.1) is 15.7 Å². The van der Waals surface area contributed by atoms with E-state index in [1.165, 1.54) is 0 Å². The van der Waals surface area contributed by atoms with Gasteiger partial charge in [-0.3, -0.25) is 4.79 Å². The number of anilines is 1. The quantitative estimate of drug-likeness (QED) is 0.809. The lowest BCUT2D eigenvalue weighted by atomic mass is 10.2. The molecule has 5 heteroatoms. The van der Waals surface area contributed by atoms with Gasteiger partial charge in [-0.05, 0) is 25.5 Å². The summed E-state index contributed by atoms with van der Waals surface area (Å²) in [6.07, 6.45) is 0. The molecule has 0 saturated heterocycles. The van der Waals surface area contributed by atoms with Crippen LogP contribution in [0.1, 0.15) is 12.5 Å². The first-order valence-electron chi connectivity index (χ1n) is 4.33. The molecule has 0 radical (unpaired) electrons. The number of rotatable bonds is 2. The number of alkyl halides is 1. The highest BCUT2D eigenvalue weighted by Crippen LogP contribution is 2.32. The third-order valence-corrected chi connectivity index (χ3v) is 2.89. The van der Waals surface area contributed by atoms with Crippen molar-refractivity contribution in [2.75, 3.05) is 5.32 Å². The molecule has 15 heavy (non-hydrogen) atoms. The van der Waals surface area contributed by atoms with Gasteiger partial charge >= 0.3 is 0 Å². The SMILES string of the molecule is Cc1ccc(Cl)c(NC(=O)C(C)Cl)c1Cl. The van der Waals surface area contributed by atoms with E-state index in [-0.39, 0.29) is 5.91 Å². The third-order valence-electron chi connectivity index (χ3n) is 1.89. The Morgan fingerprint density at radius 1 is 1.40 bits per heavy atom. The standard InChI is InChI=1S/C10H10Cl3NO/c1-5-3-4-7(12)9(8(5)13)14-10(15)6(2)11/h3-4,6H,1-2H3,(H,14,15). The molecular weight excluding hydrogens is 256 g/mol. The minimum absolute atomic E-state index is 0.328. The van der Waals surface area contributed by atoms with E-state index in [1.807, 2.05) is 6.92 Å². The molecule has 0 fully saturated rings. The average Bonchev–Trinajstić information content (AvgIpc) is 2.18. The zero-order valence-electron chi connectivity index (χ0n) is 8.27. The first kappa shape index (κ1) is 12.6. The molecule has 0 aliphatic heterocycles. The van der Waals surface area contributed by atoms with Crippen LogP contribution in [0.3, 0.4) is 0 Å². The Morgan fingerprint density at radius 2 is 2.00 bits per heavy atom. The second-order valence-corrected chi connectivity index (χ2v) is 4.60. The van der Waals surface area contributed by atoms with Crippen LogP contribution >= 0.6 is 34.8 Å². The number of aryl methyl sites for hydroxylation is 1. The molecule has 0 bridgehead atoms.